The molecule has 1 aliphatic rings. The van der Waals surface area contributed by atoms with E-state index in [1.165, 1.54) is 36.0 Å². The van der Waals surface area contributed by atoms with Crippen molar-refractivity contribution in [2.45, 2.75) is 21.5 Å². The van der Waals surface area contributed by atoms with Crippen molar-refractivity contribution < 1.29 is 18.0 Å². The molecule has 0 saturated carbocycles. The SMILES string of the molecule is NS(=O)(=O)c1ccc(N2C(=O)C[C@H](Sc3ccc(NC(=S)Nc4ccccc4)cc3)C2=O)cc1. The first-order valence-electron chi connectivity index (χ1n) is 10.1. The fourth-order valence-corrected chi connectivity index (χ4v) is 5.15. The van der Waals surface area contributed by atoms with Crippen LogP contribution in [0.3, 0.4) is 0 Å². The van der Waals surface area contributed by atoms with Gasteiger partial charge < -0.3 is 10.6 Å². The molecule has 0 spiro atoms. The fourth-order valence-electron chi connectivity index (χ4n) is 3.35. The van der Waals surface area contributed by atoms with Crippen LogP contribution in [0.2, 0.25) is 0 Å². The van der Waals surface area contributed by atoms with Crippen LogP contribution in [-0.2, 0) is 19.6 Å². The highest BCUT2D eigenvalue weighted by Crippen LogP contribution is 2.34. The number of amides is 2. The number of carbonyl (C=O) groups excluding carboxylic acids is 2. The second kappa shape index (κ2) is 9.94. The van der Waals surface area contributed by atoms with Gasteiger partial charge in [0.2, 0.25) is 21.8 Å². The highest BCUT2D eigenvalue weighted by molar-refractivity contribution is 8.00. The van der Waals surface area contributed by atoms with Crippen molar-refractivity contribution in [3.63, 3.8) is 0 Å². The third-order valence-electron chi connectivity index (χ3n) is 4.95. The van der Waals surface area contributed by atoms with E-state index in [9.17, 15) is 18.0 Å². The standard InChI is InChI=1S/C23H20N4O4S3/c24-34(30,31)19-12-8-17(9-13-19)27-21(28)14-20(22(27)29)33-18-10-6-16(7-11-18)26-23(32)25-15-4-2-1-3-5-15/h1-13,20H,14H2,(H2,24,30,31)(H2,25,26,32)/t20-/m0/s1. The van der Waals surface area contributed by atoms with Crippen molar-refractivity contribution in [2.75, 3.05) is 15.5 Å². The van der Waals surface area contributed by atoms with E-state index < -0.39 is 15.3 Å². The topological polar surface area (TPSA) is 122 Å². The zero-order valence-corrected chi connectivity index (χ0v) is 20.1. The molecule has 4 rings (SSSR count). The van der Waals surface area contributed by atoms with Crippen molar-refractivity contribution in [1.82, 2.24) is 0 Å². The third-order valence-corrected chi connectivity index (χ3v) is 7.28. The van der Waals surface area contributed by atoms with Crippen LogP contribution in [-0.4, -0.2) is 30.6 Å². The van der Waals surface area contributed by atoms with E-state index >= 15 is 0 Å². The Kier molecular flexibility index (Phi) is 6.98. The van der Waals surface area contributed by atoms with Crippen molar-refractivity contribution in [3.8, 4) is 0 Å². The Labute approximate surface area is 206 Å². The molecule has 0 aromatic heterocycles. The van der Waals surface area contributed by atoms with Gasteiger partial charge in [0.1, 0.15) is 0 Å². The van der Waals surface area contributed by atoms with Gasteiger partial charge in [0.25, 0.3) is 0 Å². The molecule has 0 radical (unpaired) electrons. The number of nitrogens with one attached hydrogen (secondary N) is 2. The number of imide groups is 1. The summed E-state index contributed by atoms with van der Waals surface area (Å²) in [5, 5.41) is 11.2. The number of hydrogen-bond donors (Lipinski definition) is 3. The molecule has 2 amide bonds. The van der Waals surface area contributed by atoms with Gasteiger partial charge in [0.05, 0.1) is 15.8 Å². The Bertz CT molecular complexity index is 1330. The molecule has 0 bridgehead atoms. The minimum atomic E-state index is -3.86. The molecule has 0 aliphatic carbocycles. The van der Waals surface area contributed by atoms with Crippen molar-refractivity contribution >= 4 is 68.0 Å². The molecule has 4 N–H and O–H groups in total. The predicted octanol–water partition coefficient (Wildman–Crippen LogP) is 3.57. The number of nitrogens with zero attached hydrogens (tertiary/aromatic N) is 1. The highest BCUT2D eigenvalue weighted by atomic mass is 32.2. The summed E-state index contributed by atoms with van der Waals surface area (Å²) in [5.74, 6) is -0.699. The van der Waals surface area contributed by atoms with Gasteiger partial charge in [0, 0.05) is 22.7 Å². The lowest BCUT2D eigenvalue weighted by Crippen LogP contribution is -2.31. The normalized spacial score (nSPS) is 15.9. The molecule has 1 fully saturated rings. The van der Waals surface area contributed by atoms with E-state index in [1.807, 2.05) is 54.6 Å². The first kappa shape index (κ1) is 23.9. The number of thiocarbonyl (C=S) groups is 1. The number of para-hydroxylation sites is 1. The molecule has 174 valence electrons. The molecule has 11 heteroatoms. The van der Waals surface area contributed by atoms with Gasteiger partial charge in [-0.15, -0.1) is 11.8 Å². The van der Waals surface area contributed by atoms with Crippen molar-refractivity contribution in [1.29, 1.82) is 0 Å². The number of hydrogen-bond acceptors (Lipinski definition) is 6. The van der Waals surface area contributed by atoms with Crippen LogP contribution in [0.5, 0.6) is 0 Å². The lowest BCUT2D eigenvalue weighted by molar-refractivity contribution is -0.121. The molecule has 0 unspecified atom stereocenters. The van der Waals surface area contributed by atoms with Gasteiger partial charge in [-0.3, -0.25) is 9.59 Å². The Morgan fingerprint density at radius 3 is 2.09 bits per heavy atom. The third kappa shape index (κ3) is 5.62. The number of sulfonamides is 1. The van der Waals surface area contributed by atoms with Gasteiger partial charge in [-0.1, -0.05) is 18.2 Å². The van der Waals surface area contributed by atoms with Gasteiger partial charge in [-0.2, -0.15) is 0 Å². The molecule has 1 aliphatic heterocycles. The molecule has 8 nitrogen and oxygen atoms in total. The van der Waals surface area contributed by atoms with E-state index in [0.29, 0.717) is 10.8 Å². The second-order valence-corrected chi connectivity index (χ2v) is 10.6. The molecular formula is C23H20N4O4S3. The predicted molar refractivity (Wildman–Crippen MR) is 137 cm³/mol. The van der Waals surface area contributed by atoms with Crippen molar-refractivity contribution in [3.05, 3.63) is 78.9 Å². The summed E-state index contributed by atoms with van der Waals surface area (Å²) < 4.78 is 22.9. The minimum absolute atomic E-state index is 0.0471. The van der Waals surface area contributed by atoms with E-state index in [0.717, 1.165) is 21.2 Å². The molecule has 34 heavy (non-hydrogen) atoms. The number of anilines is 3. The summed E-state index contributed by atoms with van der Waals surface area (Å²) in [7, 11) is -3.86. The molecular weight excluding hydrogens is 492 g/mol. The van der Waals surface area contributed by atoms with Crippen LogP contribution in [0.15, 0.2) is 88.7 Å². The van der Waals surface area contributed by atoms with Crippen LogP contribution >= 0.6 is 24.0 Å². The summed E-state index contributed by atoms with van der Waals surface area (Å²) in [6.45, 7) is 0. The van der Waals surface area contributed by atoms with E-state index in [2.05, 4.69) is 10.6 Å². The summed E-state index contributed by atoms with van der Waals surface area (Å²) in [6, 6.07) is 22.3. The Balaban J connectivity index is 1.38. The number of thioether (sulfide) groups is 1. The lowest BCUT2D eigenvalue weighted by atomic mass is 10.3. The van der Waals surface area contributed by atoms with E-state index in [-0.39, 0.29) is 23.1 Å². The lowest BCUT2D eigenvalue weighted by Gasteiger charge is -2.15. The van der Waals surface area contributed by atoms with Crippen LogP contribution < -0.4 is 20.7 Å². The minimum Gasteiger partial charge on any atom is -0.332 e. The maximum atomic E-state index is 12.9. The van der Waals surface area contributed by atoms with E-state index in [4.69, 9.17) is 17.4 Å². The average molecular weight is 513 g/mol. The number of primary sulfonamides is 1. The summed E-state index contributed by atoms with van der Waals surface area (Å²) in [6.07, 6.45) is 0.0471. The second-order valence-electron chi connectivity index (χ2n) is 7.39. The quantitative estimate of drug-likeness (QED) is 0.339. The number of rotatable bonds is 6. The zero-order valence-electron chi connectivity index (χ0n) is 17.7. The molecule has 1 heterocycles. The van der Waals surface area contributed by atoms with Crippen LogP contribution in [0.4, 0.5) is 17.1 Å². The molecule has 1 saturated heterocycles. The highest BCUT2D eigenvalue weighted by Gasteiger charge is 2.40. The Morgan fingerprint density at radius 1 is 0.912 bits per heavy atom. The average Bonchev–Trinajstić information content (AvgIpc) is 3.08. The monoisotopic (exact) mass is 512 g/mol. The van der Waals surface area contributed by atoms with Crippen LogP contribution in [0, 0.1) is 0 Å². The Hall–Kier alpha value is -3.25. The summed E-state index contributed by atoms with van der Waals surface area (Å²) >= 11 is 6.62. The van der Waals surface area contributed by atoms with Gasteiger partial charge >= 0.3 is 0 Å². The van der Waals surface area contributed by atoms with E-state index in [1.54, 1.807) is 0 Å². The molecule has 3 aromatic rings. The number of benzene rings is 3. The Morgan fingerprint density at radius 2 is 1.50 bits per heavy atom. The maximum Gasteiger partial charge on any atom is 0.247 e. The largest absolute Gasteiger partial charge is 0.332 e. The number of nitrogens with two attached hydrogens (primary N) is 1. The van der Waals surface area contributed by atoms with Crippen molar-refractivity contribution in [2.24, 2.45) is 5.14 Å². The van der Waals surface area contributed by atoms with Crippen LogP contribution in [0.1, 0.15) is 6.42 Å². The van der Waals surface area contributed by atoms with Gasteiger partial charge in [-0.25, -0.2) is 18.5 Å². The van der Waals surface area contributed by atoms with Gasteiger partial charge in [-0.05, 0) is 72.9 Å². The number of carbonyl (C=O) groups is 2. The first-order valence-corrected chi connectivity index (χ1v) is 12.9. The molecule has 3 aromatic carbocycles. The maximum absolute atomic E-state index is 12.9. The van der Waals surface area contributed by atoms with Gasteiger partial charge in [0.15, 0.2) is 5.11 Å². The smallest absolute Gasteiger partial charge is 0.247 e. The van der Waals surface area contributed by atoms with Crippen LogP contribution in [0.25, 0.3) is 0 Å². The summed E-state index contributed by atoms with van der Waals surface area (Å²) in [4.78, 5) is 27.2. The fraction of sp³-hybridized carbons (Fsp3) is 0.0870. The first-order chi connectivity index (χ1) is 16.2. The zero-order chi connectivity index (χ0) is 24.3. The summed E-state index contributed by atoms with van der Waals surface area (Å²) in [5.41, 5.74) is 1.97. The molecule has 1 atom stereocenters.